The molecule has 1 fully saturated rings. The maximum Gasteiger partial charge on any atom is 0.224 e. The maximum atomic E-state index is 13.8. The van der Waals surface area contributed by atoms with Crippen LogP contribution in [0.5, 0.6) is 5.75 Å². The molecule has 0 aliphatic heterocycles. The van der Waals surface area contributed by atoms with E-state index in [1.807, 2.05) is 6.92 Å². The van der Waals surface area contributed by atoms with Crippen molar-refractivity contribution in [2.24, 2.45) is 5.92 Å². The molecule has 3 rings (SSSR count). The summed E-state index contributed by atoms with van der Waals surface area (Å²) in [7, 11) is 1.45. The van der Waals surface area contributed by atoms with E-state index in [4.69, 9.17) is 4.74 Å². The van der Waals surface area contributed by atoms with E-state index in [9.17, 15) is 4.39 Å². The molecule has 1 aliphatic carbocycles. The van der Waals surface area contributed by atoms with Crippen molar-refractivity contribution in [3.05, 3.63) is 35.8 Å². The standard InChI is InChI=1S/C19H25FN4O/c1-13-11-21-19(22-12-14-6-4-3-5-7-14)24-18(13)23-15-8-9-17(25-2)16(20)10-15/h8-11,14H,3-7,12H2,1-2H3,(H2,21,22,23,24). The van der Waals surface area contributed by atoms with Gasteiger partial charge >= 0.3 is 0 Å². The molecule has 0 amide bonds. The first kappa shape index (κ1) is 17.5. The number of methoxy groups -OCH3 is 1. The number of hydrogen-bond acceptors (Lipinski definition) is 5. The number of aromatic nitrogens is 2. The third kappa shape index (κ3) is 4.59. The molecule has 5 nitrogen and oxygen atoms in total. The predicted molar refractivity (Wildman–Crippen MR) is 98.1 cm³/mol. The minimum Gasteiger partial charge on any atom is -0.494 e. The molecule has 0 saturated heterocycles. The molecule has 0 radical (unpaired) electrons. The number of nitrogens with zero attached hydrogens (tertiary/aromatic N) is 2. The van der Waals surface area contributed by atoms with E-state index < -0.39 is 5.82 Å². The second kappa shape index (κ2) is 8.14. The SMILES string of the molecule is COc1ccc(Nc2nc(NCC3CCCCC3)ncc2C)cc1F. The zero-order chi connectivity index (χ0) is 17.6. The second-order valence-corrected chi connectivity index (χ2v) is 6.58. The Bertz CT molecular complexity index is 717. The van der Waals surface area contributed by atoms with Crippen molar-refractivity contribution >= 4 is 17.5 Å². The molecule has 6 heteroatoms. The molecule has 1 saturated carbocycles. The van der Waals surface area contributed by atoms with Crippen LogP contribution in [0.3, 0.4) is 0 Å². The first-order valence-electron chi connectivity index (χ1n) is 8.84. The first-order chi connectivity index (χ1) is 12.2. The van der Waals surface area contributed by atoms with Gasteiger partial charge in [-0.05, 0) is 37.8 Å². The van der Waals surface area contributed by atoms with Crippen molar-refractivity contribution in [3.8, 4) is 5.75 Å². The maximum absolute atomic E-state index is 13.8. The third-order valence-electron chi connectivity index (χ3n) is 4.66. The molecule has 1 heterocycles. The summed E-state index contributed by atoms with van der Waals surface area (Å²) in [5.41, 5.74) is 1.53. The van der Waals surface area contributed by atoms with Gasteiger partial charge in [-0.25, -0.2) is 9.37 Å². The molecular formula is C19H25FN4O. The molecule has 0 bridgehead atoms. The lowest BCUT2D eigenvalue weighted by molar-refractivity contribution is 0.373. The van der Waals surface area contributed by atoms with Crippen LogP contribution < -0.4 is 15.4 Å². The van der Waals surface area contributed by atoms with Gasteiger partial charge in [0.1, 0.15) is 5.82 Å². The van der Waals surface area contributed by atoms with Crippen molar-refractivity contribution in [1.29, 1.82) is 0 Å². The molecule has 0 spiro atoms. The summed E-state index contributed by atoms with van der Waals surface area (Å²) in [6, 6.07) is 4.75. The number of ether oxygens (including phenoxy) is 1. The highest BCUT2D eigenvalue weighted by Gasteiger charge is 2.14. The second-order valence-electron chi connectivity index (χ2n) is 6.58. The van der Waals surface area contributed by atoms with Crippen LogP contribution in [0.1, 0.15) is 37.7 Å². The van der Waals surface area contributed by atoms with E-state index in [1.54, 1.807) is 18.3 Å². The lowest BCUT2D eigenvalue weighted by Gasteiger charge is -2.21. The van der Waals surface area contributed by atoms with Gasteiger partial charge in [0.25, 0.3) is 0 Å². The van der Waals surface area contributed by atoms with Crippen LogP contribution in [0.4, 0.5) is 21.8 Å². The number of nitrogens with one attached hydrogen (secondary N) is 2. The molecule has 0 atom stereocenters. The predicted octanol–water partition coefficient (Wildman–Crippen LogP) is 4.67. The van der Waals surface area contributed by atoms with Crippen molar-refractivity contribution in [2.45, 2.75) is 39.0 Å². The summed E-state index contributed by atoms with van der Waals surface area (Å²) in [5, 5.41) is 6.50. The van der Waals surface area contributed by atoms with Gasteiger partial charge in [0.2, 0.25) is 5.95 Å². The summed E-state index contributed by atoms with van der Waals surface area (Å²) in [5.74, 6) is 1.79. The zero-order valence-electron chi connectivity index (χ0n) is 14.8. The average molecular weight is 344 g/mol. The highest BCUT2D eigenvalue weighted by Crippen LogP contribution is 2.26. The minimum absolute atomic E-state index is 0.222. The normalized spacial score (nSPS) is 15.0. The minimum atomic E-state index is -0.408. The average Bonchev–Trinajstić information content (AvgIpc) is 2.63. The lowest BCUT2D eigenvalue weighted by atomic mass is 9.89. The Balaban J connectivity index is 1.67. The van der Waals surface area contributed by atoms with Gasteiger partial charge in [-0.3, -0.25) is 0 Å². The highest BCUT2D eigenvalue weighted by atomic mass is 19.1. The molecule has 2 aromatic rings. The van der Waals surface area contributed by atoms with Gasteiger partial charge in [0.05, 0.1) is 7.11 Å². The zero-order valence-corrected chi connectivity index (χ0v) is 14.8. The Morgan fingerprint density at radius 1 is 1.24 bits per heavy atom. The smallest absolute Gasteiger partial charge is 0.224 e. The number of halogens is 1. The van der Waals surface area contributed by atoms with Crippen LogP contribution in [0.2, 0.25) is 0 Å². The van der Waals surface area contributed by atoms with Crippen LogP contribution in [-0.4, -0.2) is 23.6 Å². The summed E-state index contributed by atoms with van der Waals surface area (Å²) in [6.07, 6.45) is 8.31. The fraction of sp³-hybridized carbons (Fsp3) is 0.474. The Labute approximate surface area is 148 Å². The van der Waals surface area contributed by atoms with Crippen LogP contribution in [0, 0.1) is 18.7 Å². The topological polar surface area (TPSA) is 59.1 Å². The summed E-state index contributed by atoms with van der Waals surface area (Å²) in [6.45, 7) is 2.83. The quantitative estimate of drug-likeness (QED) is 0.797. The lowest BCUT2D eigenvalue weighted by Crippen LogP contribution is -2.18. The Hall–Kier alpha value is -2.37. The Kier molecular flexibility index (Phi) is 5.68. The van der Waals surface area contributed by atoms with Gasteiger partial charge in [-0.2, -0.15) is 4.98 Å². The molecule has 134 valence electrons. The van der Waals surface area contributed by atoms with Gasteiger partial charge < -0.3 is 15.4 Å². The number of benzene rings is 1. The van der Waals surface area contributed by atoms with Crippen molar-refractivity contribution in [3.63, 3.8) is 0 Å². The van der Waals surface area contributed by atoms with Gasteiger partial charge in [0.15, 0.2) is 11.6 Å². The number of rotatable bonds is 6. The summed E-state index contributed by atoms with van der Waals surface area (Å²) in [4.78, 5) is 8.89. The van der Waals surface area contributed by atoms with Gasteiger partial charge in [-0.15, -0.1) is 0 Å². The Morgan fingerprint density at radius 2 is 2.04 bits per heavy atom. The third-order valence-corrected chi connectivity index (χ3v) is 4.66. The molecule has 1 aromatic carbocycles. The first-order valence-corrected chi connectivity index (χ1v) is 8.84. The van der Waals surface area contributed by atoms with Crippen molar-refractivity contribution in [2.75, 3.05) is 24.3 Å². The molecule has 1 aliphatic rings. The molecular weight excluding hydrogens is 319 g/mol. The fourth-order valence-electron chi connectivity index (χ4n) is 3.16. The number of hydrogen-bond donors (Lipinski definition) is 2. The van der Waals surface area contributed by atoms with Crippen LogP contribution in [0.25, 0.3) is 0 Å². The van der Waals surface area contributed by atoms with E-state index >= 15 is 0 Å². The largest absolute Gasteiger partial charge is 0.494 e. The van der Waals surface area contributed by atoms with Crippen LogP contribution >= 0.6 is 0 Å². The summed E-state index contributed by atoms with van der Waals surface area (Å²) < 4.78 is 18.8. The number of anilines is 3. The summed E-state index contributed by atoms with van der Waals surface area (Å²) >= 11 is 0. The van der Waals surface area contributed by atoms with Gasteiger partial charge in [0, 0.05) is 30.1 Å². The monoisotopic (exact) mass is 344 g/mol. The molecule has 0 unspecified atom stereocenters. The number of aryl methyl sites for hydroxylation is 1. The molecule has 25 heavy (non-hydrogen) atoms. The van der Waals surface area contributed by atoms with E-state index in [2.05, 4.69) is 20.6 Å². The van der Waals surface area contributed by atoms with Gasteiger partial charge in [-0.1, -0.05) is 19.3 Å². The van der Waals surface area contributed by atoms with Crippen molar-refractivity contribution < 1.29 is 9.13 Å². The fourth-order valence-corrected chi connectivity index (χ4v) is 3.16. The highest BCUT2D eigenvalue weighted by molar-refractivity contribution is 5.61. The van der Waals surface area contributed by atoms with E-state index in [-0.39, 0.29) is 5.75 Å². The van der Waals surface area contributed by atoms with E-state index in [0.29, 0.717) is 23.4 Å². The molecule has 2 N–H and O–H groups in total. The van der Waals surface area contributed by atoms with E-state index in [1.165, 1.54) is 45.3 Å². The Morgan fingerprint density at radius 3 is 2.76 bits per heavy atom. The van der Waals surface area contributed by atoms with E-state index in [0.717, 1.165) is 12.1 Å². The van der Waals surface area contributed by atoms with Crippen LogP contribution in [-0.2, 0) is 0 Å². The molecule has 1 aromatic heterocycles. The van der Waals surface area contributed by atoms with Crippen molar-refractivity contribution in [1.82, 2.24) is 9.97 Å². The van der Waals surface area contributed by atoms with Crippen LogP contribution in [0.15, 0.2) is 24.4 Å².